The molecule has 0 heteroatoms. The van der Waals surface area contributed by atoms with Gasteiger partial charge < -0.3 is 0 Å². The van der Waals surface area contributed by atoms with Crippen LogP contribution in [0.1, 0.15) is 299 Å². The van der Waals surface area contributed by atoms with Gasteiger partial charge in [0.1, 0.15) is 0 Å². The zero-order chi connectivity index (χ0) is 46.3. The molecule has 362 valence electrons. The predicted octanol–water partition coefficient (Wildman–Crippen LogP) is 21.5. The van der Waals surface area contributed by atoms with E-state index in [-0.39, 0.29) is 0 Å². The molecule has 0 amide bonds. The fourth-order valence-electron chi connectivity index (χ4n) is 11.3. The lowest BCUT2D eigenvalue weighted by Crippen LogP contribution is -2.30. The van der Waals surface area contributed by atoms with Gasteiger partial charge in [-0.05, 0) is 157 Å². The van der Waals surface area contributed by atoms with Crippen LogP contribution in [0.2, 0.25) is 0 Å². The third kappa shape index (κ3) is 28.0. The van der Waals surface area contributed by atoms with Crippen molar-refractivity contribution in [2.24, 2.45) is 86.8 Å². The smallest absolute Gasteiger partial charge is 0.0303 e. The van der Waals surface area contributed by atoms with E-state index in [2.05, 4.69) is 145 Å². The van der Waals surface area contributed by atoms with Crippen LogP contribution in [0.3, 0.4) is 0 Å². The molecule has 0 saturated heterocycles. The molecular formula is C60H122. The van der Waals surface area contributed by atoms with Crippen LogP contribution in [-0.2, 0) is 0 Å². The molecule has 5 rings (SSSR count). The molecular weight excluding hydrogens is 721 g/mol. The summed E-state index contributed by atoms with van der Waals surface area (Å²) in [7, 11) is 0. The van der Waals surface area contributed by atoms with Gasteiger partial charge in [0.05, 0.1) is 0 Å². The Bertz CT molecular complexity index is 965. The summed E-state index contributed by atoms with van der Waals surface area (Å²) in [6.45, 7) is 49.6. The van der Waals surface area contributed by atoms with Gasteiger partial charge in [0.15, 0.2) is 0 Å². The van der Waals surface area contributed by atoms with Crippen molar-refractivity contribution < 1.29 is 0 Å². The van der Waals surface area contributed by atoms with Crippen molar-refractivity contribution in [2.45, 2.75) is 299 Å². The molecule has 2 unspecified atom stereocenters. The van der Waals surface area contributed by atoms with E-state index in [0.29, 0.717) is 21.7 Å². The summed E-state index contributed by atoms with van der Waals surface area (Å²) < 4.78 is 0. The van der Waals surface area contributed by atoms with Crippen molar-refractivity contribution in [3.05, 3.63) is 0 Å². The van der Waals surface area contributed by atoms with Gasteiger partial charge in [-0.1, -0.05) is 229 Å². The Morgan fingerprint density at radius 3 is 1.25 bits per heavy atom. The summed E-state index contributed by atoms with van der Waals surface area (Å²) in [5.41, 5.74) is 2.40. The van der Waals surface area contributed by atoms with Crippen LogP contribution in [0.5, 0.6) is 0 Å². The Hall–Kier alpha value is 0. The van der Waals surface area contributed by atoms with E-state index in [4.69, 9.17) is 0 Å². The van der Waals surface area contributed by atoms with Gasteiger partial charge in [-0.15, -0.1) is 0 Å². The summed E-state index contributed by atoms with van der Waals surface area (Å²) in [6, 6.07) is 0. The Morgan fingerprint density at radius 2 is 0.950 bits per heavy atom. The van der Waals surface area contributed by atoms with E-state index in [0.717, 1.165) is 65.1 Å². The van der Waals surface area contributed by atoms with Crippen LogP contribution in [0.25, 0.3) is 0 Å². The number of hydrogen-bond acceptors (Lipinski definition) is 0. The van der Waals surface area contributed by atoms with Crippen molar-refractivity contribution >= 4 is 0 Å². The fraction of sp³-hybridized carbons (Fsp3) is 1.00. The third-order valence-corrected chi connectivity index (χ3v) is 16.9. The summed E-state index contributed by atoms with van der Waals surface area (Å²) in [5, 5.41) is 0. The van der Waals surface area contributed by atoms with Crippen LogP contribution in [-0.4, -0.2) is 0 Å². The second-order valence-corrected chi connectivity index (χ2v) is 27.2. The average molecular weight is 844 g/mol. The Kier molecular flexibility index (Phi) is 30.3. The van der Waals surface area contributed by atoms with Crippen LogP contribution in [0.4, 0.5) is 0 Å². The van der Waals surface area contributed by atoms with E-state index < -0.39 is 0 Å². The van der Waals surface area contributed by atoms with Gasteiger partial charge in [-0.3, -0.25) is 0 Å². The lowest BCUT2D eigenvalue weighted by molar-refractivity contribution is 0.0964. The van der Waals surface area contributed by atoms with E-state index in [1.165, 1.54) is 154 Å². The molecule has 5 fully saturated rings. The third-order valence-electron chi connectivity index (χ3n) is 16.9. The van der Waals surface area contributed by atoms with E-state index >= 15 is 0 Å². The minimum Gasteiger partial charge on any atom is -0.0628 e. The molecule has 0 nitrogen and oxygen atoms in total. The van der Waals surface area contributed by atoms with Crippen LogP contribution >= 0.6 is 0 Å². The monoisotopic (exact) mass is 843 g/mol. The number of rotatable bonds is 8. The highest BCUT2D eigenvalue weighted by molar-refractivity contribution is 4.85. The highest BCUT2D eigenvalue weighted by Gasteiger charge is 2.34. The second-order valence-electron chi connectivity index (χ2n) is 27.2. The molecule has 0 N–H and O–H groups in total. The molecule has 0 aliphatic heterocycles. The van der Waals surface area contributed by atoms with Crippen molar-refractivity contribution in [1.29, 1.82) is 0 Å². The van der Waals surface area contributed by atoms with Gasteiger partial charge >= 0.3 is 0 Å². The average Bonchev–Trinajstić information content (AvgIpc) is 3.11. The molecule has 0 aromatic rings. The molecule has 0 bridgehead atoms. The van der Waals surface area contributed by atoms with Gasteiger partial charge in [0, 0.05) is 0 Å². The maximum absolute atomic E-state index is 2.46. The van der Waals surface area contributed by atoms with Crippen LogP contribution in [0, 0.1) is 86.8 Å². The lowest BCUT2D eigenvalue weighted by atomic mass is 9.64. The summed E-state index contributed by atoms with van der Waals surface area (Å²) in [5.74, 6) is 10.5. The van der Waals surface area contributed by atoms with Crippen molar-refractivity contribution in [3.8, 4) is 0 Å². The van der Waals surface area contributed by atoms with E-state index in [1.54, 1.807) is 0 Å². The lowest BCUT2D eigenvalue weighted by Gasteiger charge is -2.41. The molecule has 60 heavy (non-hydrogen) atoms. The standard InChI is InChI=1S/C11H22.4C10H20.C9H20/c1-9(2)8-11(3,4)10-6-5-7-10;1-8(2)10-6-4-9(3)5-7-10;1-10(2,3)9-7-5-4-6-8-9;1-9(2)10(3)7-5-4-6-8-10;1-8(2)10-7-5-4-6-9(10)3;1-8(2)6-7-9(3,4)5/h9-10H,5-8H2,1-4H3;8-10H,4-7H2,1-3H3;2*9H,4-8H2,1-3H3;8-10H,4-7H2,1-3H3;8H,6-7H2,1-5H3. The fourth-order valence-corrected chi connectivity index (χ4v) is 11.3. The minimum absolute atomic E-state index is 0.532. The van der Waals surface area contributed by atoms with E-state index in [1.807, 2.05) is 0 Å². The quantitative estimate of drug-likeness (QED) is 0.228. The first kappa shape index (κ1) is 60.0. The van der Waals surface area contributed by atoms with Gasteiger partial charge in [-0.25, -0.2) is 0 Å². The molecule has 0 aromatic heterocycles. The molecule has 2 atom stereocenters. The molecule has 5 saturated carbocycles. The number of hydrogen-bond donors (Lipinski definition) is 0. The van der Waals surface area contributed by atoms with Crippen molar-refractivity contribution in [3.63, 3.8) is 0 Å². The molecule has 0 radical (unpaired) electrons. The molecule has 5 aliphatic carbocycles. The normalized spacial score (nSPS) is 25.3. The first-order chi connectivity index (χ1) is 27.6. The Balaban J connectivity index is 0.000000697. The molecule has 0 heterocycles. The second kappa shape index (κ2) is 30.3. The maximum atomic E-state index is 2.46. The summed E-state index contributed by atoms with van der Waals surface area (Å²) in [6.07, 6.45) is 35.1. The first-order valence-electron chi connectivity index (χ1n) is 27.6. The Labute approximate surface area is 384 Å². The van der Waals surface area contributed by atoms with Gasteiger partial charge in [0.25, 0.3) is 0 Å². The van der Waals surface area contributed by atoms with Gasteiger partial charge in [-0.2, -0.15) is 0 Å². The largest absolute Gasteiger partial charge is 0.0628 e. The topological polar surface area (TPSA) is 0 Å². The zero-order valence-electron chi connectivity index (χ0n) is 46.3. The summed E-state index contributed by atoms with van der Waals surface area (Å²) >= 11 is 0. The molecule has 0 spiro atoms. The summed E-state index contributed by atoms with van der Waals surface area (Å²) in [4.78, 5) is 0. The predicted molar refractivity (Wildman–Crippen MR) is 278 cm³/mol. The van der Waals surface area contributed by atoms with Gasteiger partial charge in [0.2, 0.25) is 0 Å². The maximum Gasteiger partial charge on any atom is -0.0303 e. The SMILES string of the molecule is CC(C)(C)C1CCCCC1.CC(C)C1(C)CCCCC1.CC(C)C1CCCCC1C.CC(C)CC(C)(C)C1CCC1.CC(C)CCC(C)(C)C.CC1CCC(C(C)C)CC1. The molecule has 0 aromatic carbocycles. The minimum atomic E-state index is 0.532. The van der Waals surface area contributed by atoms with Crippen molar-refractivity contribution in [2.75, 3.05) is 0 Å². The highest BCUT2D eigenvalue weighted by atomic mass is 14.4. The van der Waals surface area contributed by atoms with Crippen LogP contribution in [0.15, 0.2) is 0 Å². The highest BCUT2D eigenvalue weighted by Crippen LogP contribution is 2.45. The van der Waals surface area contributed by atoms with E-state index in [9.17, 15) is 0 Å². The Morgan fingerprint density at radius 1 is 0.483 bits per heavy atom. The van der Waals surface area contributed by atoms with Crippen LogP contribution < -0.4 is 0 Å². The van der Waals surface area contributed by atoms with Crippen molar-refractivity contribution in [1.82, 2.24) is 0 Å². The zero-order valence-corrected chi connectivity index (χ0v) is 46.3. The first-order valence-corrected chi connectivity index (χ1v) is 27.6. The molecule has 5 aliphatic rings.